The highest BCUT2D eigenvalue weighted by atomic mass is 16.5. The average Bonchev–Trinajstić information content (AvgIpc) is 3.43. The first-order chi connectivity index (χ1) is 13.4. The van der Waals surface area contributed by atoms with E-state index in [1.807, 2.05) is 0 Å². The molecule has 2 N–H and O–H groups in total. The number of benzene rings is 1. The van der Waals surface area contributed by atoms with Crippen LogP contribution >= 0.6 is 0 Å². The molecule has 4 aliphatic rings. The van der Waals surface area contributed by atoms with Gasteiger partial charge in [0.2, 0.25) is 0 Å². The highest BCUT2D eigenvalue weighted by Gasteiger charge is 2.67. The standard InChI is InChI=1S/C23H34N2O3/c1-14-11-15(2)20(27-4)21-19(14)22-8-10-25(13-17-5-6-17)16(3)23(22,26)7-9-24-12-18(22)28-21/h11,16-18,24,26H,5-10,12-13H2,1-4H3/t16?,18-,22?,23?/m0/s1. The third-order valence-corrected chi connectivity index (χ3v) is 8.09. The van der Waals surface area contributed by atoms with Gasteiger partial charge < -0.3 is 19.9 Å². The van der Waals surface area contributed by atoms with Crippen LogP contribution in [0.1, 0.15) is 49.3 Å². The molecule has 0 bridgehead atoms. The van der Waals surface area contributed by atoms with Crippen molar-refractivity contribution >= 4 is 0 Å². The molecule has 5 nitrogen and oxygen atoms in total. The second kappa shape index (κ2) is 6.35. The molecule has 1 aromatic rings. The predicted molar refractivity (Wildman–Crippen MR) is 109 cm³/mol. The normalized spacial score (nSPS) is 37.5. The van der Waals surface area contributed by atoms with Crippen molar-refractivity contribution in [2.75, 3.05) is 33.3 Å². The minimum absolute atomic E-state index is 0.0603. The Hall–Kier alpha value is -1.30. The molecule has 1 aliphatic carbocycles. The summed E-state index contributed by atoms with van der Waals surface area (Å²) < 4.78 is 12.4. The van der Waals surface area contributed by atoms with E-state index in [-0.39, 0.29) is 17.6 Å². The number of nitrogens with zero attached hydrogens (tertiary/aromatic N) is 1. The topological polar surface area (TPSA) is 54.0 Å². The van der Waals surface area contributed by atoms with Crippen molar-refractivity contribution in [3.63, 3.8) is 0 Å². The van der Waals surface area contributed by atoms with E-state index in [9.17, 15) is 5.11 Å². The fourth-order valence-electron chi connectivity index (χ4n) is 6.49. The number of rotatable bonds is 3. The summed E-state index contributed by atoms with van der Waals surface area (Å²) >= 11 is 0. The molecule has 28 heavy (non-hydrogen) atoms. The van der Waals surface area contributed by atoms with Gasteiger partial charge in [-0.15, -0.1) is 0 Å². The summed E-state index contributed by atoms with van der Waals surface area (Å²) in [4.78, 5) is 2.55. The minimum Gasteiger partial charge on any atom is -0.493 e. The highest BCUT2D eigenvalue weighted by Crippen LogP contribution is 2.60. The number of aliphatic hydroxyl groups is 1. The van der Waals surface area contributed by atoms with E-state index in [1.54, 1.807) is 7.11 Å². The van der Waals surface area contributed by atoms with Crippen LogP contribution in [0.3, 0.4) is 0 Å². The van der Waals surface area contributed by atoms with Gasteiger partial charge in [0.05, 0.1) is 18.1 Å². The number of methoxy groups -OCH3 is 1. The molecule has 154 valence electrons. The maximum atomic E-state index is 12.4. The molecule has 1 spiro atoms. The first-order valence-electron chi connectivity index (χ1n) is 10.9. The summed E-state index contributed by atoms with van der Waals surface area (Å²) in [5.74, 6) is 2.53. The van der Waals surface area contributed by atoms with Crippen molar-refractivity contribution in [3.8, 4) is 11.5 Å². The number of likely N-dealkylation sites (tertiary alicyclic amines) is 1. The maximum absolute atomic E-state index is 12.4. The lowest BCUT2D eigenvalue weighted by molar-refractivity contribution is -0.151. The number of aryl methyl sites for hydroxylation is 2. The summed E-state index contributed by atoms with van der Waals surface area (Å²) in [6, 6.07) is 2.32. The van der Waals surface area contributed by atoms with Gasteiger partial charge in [-0.25, -0.2) is 0 Å². The number of ether oxygens (including phenoxy) is 2. The van der Waals surface area contributed by atoms with Crippen molar-refractivity contribution in [2.45, 2.75) is 69.6 Å². The van der Waals surface area contributed by atoms with E-state index in [0.717, 1.165) is 62.0 Å². The summed E-state index contributed by atoms with van der Waals surface area (Å²) in [5.41, 5.74) is 2.33. The number of hydrogen-bond donors (Lipinski definition) is 2. The van der Waals surface area contributed by atoms with Crippen molar-refractivity contribution < 1.29 is 14.6 Å². The second-order valence-corrected chi connectivity index (χ2v) is 9.57. The smallest absolute Gasteiger partial charge is 0.166 e. The van der Waals surface area contributed by atoms with Crippen LogP contribution in [0.4, 0.5) is 0 Å². The highest BCUT2D eigenvalue weighted by molar-refractivity contribution is 5.62. The molecule has 0 aromatic heterocycles. The van der Waals surface area contributed by atoms with E-state index in [1.165, 1.54) is 24.0 Å². The van der Waals surface area contributed by atoms with E-state index in [4.69, 9.17) is 9.47 Å². The quantitative estimate of drug-likeness (QED) is 0.836. The van der Waals surface area contributed by atoms with Crippen LogP contribution < -0.4 is 14.8 Å². The minimum atomic E-state index is -0.815. The van der Waals surface area contributed by atoms with Crippen molar-refractivity contribution in [1.82, 2.24) is 10.2 Å². The van der Waals surface area contributed by atoms with Crippen molar-refractivity contribution in [2.24, 2.45) is 5.92 Å². The van der Waals surface area contributed by atoms with Gasteiger partial charge in [-0.05, 0) is 76.6 Å². The molecule has 0 radical (unpaired) electrons. The molecule has 3 unspecified atom stereocenters. The molecule has 3 heterocycles. The monoisotopic (exact) mass is 386 g/mol. The Bertz CT molecular complexity index is 793. The molecule has 2 saturated heterocycles. The first kappa shape index (κ1) is 18.7. The number of fused-ring (bicyclic) bond motifs is 1. The zero-order valence-corrected chi connectivity index (χ0v) is 17.7. The summed E-state index contributed by atoms with van der Waals surface area (Å²) in [6.45, 7) is 10.2. The van der Waals surface area contributed by atoms with Crippen LogP contribution in [-0.4, -0.2) is 61.0 Å². The van der Waals surface area contributed by atoms with Crippen LogP contribution in [0.2, 0.25) is 0 Å². The lowest BCUT2D eigenvalue weighted by Crippen LogP contribution is -2.70. The Morgan fingerprint density at radius 1 is 1.29 bits per heavy atom. The molecule has 0 amide bonds. The number of hydrogen-bond acceptors (Lipinski definition) is 5. The molecule has 3 aliphatic heterocycles. The Kier molecular flexibility index (Phi) is 4.24. The molecular weight excluding hydrogens is 352 g/mol. The van der Waals surface area contributed by atoms with Crippen molar-refractivity contribution in [1.29, 1.82) is 0 Å². The van der Waals surface area contributed by atoms with Crippen LogP contribution in [0.25, 0.3) is 0 Å². The molecule has 1 aromatic carbocycles. The number of nitrogens with one attached hydrogen (secondary N) is 1. The van der Waals surface area contributed by atoms with Gasteiger partial charge in [0.25, 0.3) is 0 Å². The molecule has 5 rings (SSSR count). The molecule has 5 heteroatoms. The first-order valence-corrected chi connectivity index (χ1v) is 10.9. The van der Waals surface area contributed by atoms with Crippen LogP contribution in [0.15, 0.2) is 6.07 Å². The van der Waals surface area contributed by atoms with Gasteiger partial charge in [0.1, 0.15) is 6.10 Å². The fourth-order valence-corrected chi connectivity index (χ4v) is 6.49. The third kappa shape index (κ3) is 2.36. The summed E-state index contributed by atoms with van der Waals surface area (Å²) in [5, 5.41) is 16.0. The Balaban J connectivity index is 1.67. The Morgan fingerprint density at radius 2 is 2.07 bits per heavy atom. The molecule has 4 atom stereocenters. The van der Waals surface area contributed by atoms with Gasteiger partial charge in [0, 0.05) is 24.7 Å². The summed E-state index contributed by atoms with van der Waals surface area (Å²) in [7, 11) is 1.72. The lowest BCUT2D eigenvalue weighted by atomic mass is 9.56. The predicted octanol–water partition coefficient (Wildman–Crippen LogP) is 2.54. The second-order valence-electron chi connectivity index (χ2n) is 9.57. The molecule has 1 saturated carbocycles. The van der Waals surface area contributed by atoms with E-state index in [2.05, 4.69) is 37.1 Å². The van der Waals surface area contributed by atoms with Crippen LogP contribution in [-0.2, 0) is 5.41 Å². The average molecular weight is 387 g/mol. The zero-order chi connectivity index (χ0) is 19.7. The van der Waals surface area contributed by atoms with Gasteiger partial charge in [0.15, 0.2) is 11.5 Å². The van der Waals surface area contributed by atoms with Gasteiger partial charge in [-0.1, -0.05) is 6.07 Å². The van der Waals surface area contributed by atoms with Crippen LogP contribution in [0, 0.1) is 19.8 Å². The largest absolute Gasteiger partial charge is 0.493 e. The van der Waals surface area contributed by atoms with Crippen molar-refractivity contribution in [3.05, 3.63) is 22.8 Å². The fraction of sp³-hybridized carbons (Fsp3) is 0.739. The molecular formula is C23H34N2O3. The van der Waals surface area contributed by atoms with Gasteiger partial charge in [-0.3, -0.25) is 4.90 Å². The Morgan fingerprint density at radius 3 is 2.79 bits per heavy atom. The third-order valence-electron chi connectivity index (χ3n) is 8.09. The lowest BCUT2D eigenvalue weighted by Gasteiger charge is -2.57. The van der Waals surface area contributed by atoms with E-state index >= 15 is 0 Å². The molecule has 3 fully saturated rings. The number of piperidine rings is 1. The SMILES string of the molecule is COc1c(C)cc(C)c2c1O[C@H]1CNCCC3(O)C(C)N(CC4CC4)CCC213. The van der Waals surface area contributed by atoms with Gasteiger partial charge in [-0.2, -0.15) is 0 Å². The van der Waals surface area contributed by atoms with E-state index in [0.29, 0.717) is 0 Å². The van der Waals surface area contributed by atoms with E-state index < -0.39 is 5.60 Å². The van der Waals surface area contributed by atoms with Crippen LogP contribution in [0.5, 0.6) is 11.5 Å². The van der Waals surface area contributed by atoms with Gasteiger partial charge >= 0.3 is 0 Å². The maximum Gasteiger partial charge on any atom is 0.166 e. The summed E-state index contributed by atoms with van der Waals surface area (Å²) in [6.07, 6.45) is 4.32. The Labute approximate surface area is 168 Å². The zero-order valence-electron chi connectivity index (χ0n) is 17.7.